The molecular formula is C13H17ClN4O. The number of rotatable bonds is 5. The van der Waals surface area contributed by atoms with Crippen molar-refractivity contribution >= 4 is 28.9 Å². The monoisotopic (exact) mass is 280 g/mol. The molecule has 0 aromatic heterocycles. The molecule has 0 heterocycles. The van der Waals surface area contributed by atoms with Gasteiger partial charge in [-0.1, -0.05) is 11.6 Å². The second-order valence-electron chi connectivity index (χ2n) is 4.51. The molecule has 0 radical (unpaired) electrons. The third-order valence-electron chi connectivity index (χ3n) is 2.50. The number of carbonyl (C=O) groups is 1. The Hall–Kier alpha value is -1.77. The van der Waals surface area contributed by atoms with E-state index in [1.807, 2.05) is 6.92 Å². The van der Waals surface area contributed by atoms with Gasteiger partial charge in [-0.05, 0) is 32.2 Å². The van der Waals surface area contributed by atoms with Crippen LogP contribution < -0.4 is 11.1 Å². The summed E-state index contributed by atoms with van der Waals surface area (Å²) >= 11 is 5.80. The van der Waals surface area contributed by atoms with Crippen LogP contribution in [0.15, 0.2) is 18.2 Å². The lowest BCUT2D eigenvalue weighted by Gasteiger charge is -2.17. The summed E-state index contributed by atoms with van der Waals surface area (Å²) in [5, 5.41) is 11.9. The zero-order chi connectivity index (χ0) is 14.4. The van der Waals surface area contributed by atoms with E-state index in [4.69, 9.17) is 22.6 Å². The number of nitrogens with zero attached hydrogens (tertiary/aromatic N) is 2. The summed E-state index contributed by atoms with van der Waals surface area (Å²) in [6.07, 6.45) is 0. The molecule has 1 atom stereocenters. The SMILES string of the molecule is CC(C#N)CN(C)CC(=O)Nc1ccc(Cl)c(N)c1. The van der Waals surface area contributed by atoms with Gasteiger partial charge in [0.05, 0.1) is 29.2 Å². The number of carbonyl (C=O) groups excluding carboxylic acids is 1. The van der Waals surface area contributed by atoms with Crippen molar-refractivity contribution < 1.29 is 4.79 Å². The third kappa shape index (κ3) is 5.16. The number of nitrogens with one attached hydrogen (secondary N) is 1. The van der Waals surface area contributed by atoms with Crippen LogP contribution in [0.3, 0.4) is 0 Å². The predicted molar refractivity (Wildman–Crippen MR) is 76.8 cm³/mol. The maximum absolute atomic E-state index is 11.8. The quantitative estimate of drug-likeness (QED) is 0.808. The summed E-state index contributed by atoms with van der Waals surface area (Å²) in [5.41, 5.74) is 6.68. The Balaban J connectivity index is 2.51. The maximum Gasteiger partial charge on any atom is 0.238 e. The zero-order valence-corrected chi connectivity index (χ0v) is 11.7. The number of anilines is 2. The Morgan fingerprint density at radius 2 is 2.32 bits per heavy atom. The van der Waals surface area contributed by atoms with Crippen LogP contribution in [0.25, 0.3) is 0 Å². The van der Waals surface area contributed by atoms with Crippen LogP contribution in [0.5, 0.6) is 0 Å². The number of nitriles is 1. The van der Waals surface area contributed by atoms with E-state index in [1.54, 1.807) is 30.1 Å². The molecule has 1 unspecified atom stereocenters. The first-order valence-electron chi connectivity index (χ1n) is 5.85. The van der Waals surface area contributed by atoms with Crippen LogP contribution in [0.4, 0.5) is 11.4 Å². The third-order valence-corrected chi connectivity index (χ3v) is 2.84. The highest BCUT2D eigenvalue weighted by atomic mass is 35.5. The van der Waals surface area contributed by atoms with Crippen molar-refractivity contribution in [1.82, 2.24) is 4.90 Å². The summed E-state index contributed by atoms with van der Waals surface area (Å²) in [6, 6.07) is 7.06. The molecule has 0 aliphatic rings. The Morgan fingerprint density at radius 3 is 2.89 bits per heavy atom. The standard InChI is InChI=1S/C13H17ClN4O/c1-9(6-15)7-18(2)8-13(19)17-10-3-4-11(14)12(16)5-10/h3-5,9H,7-8,16H2,1-2H3,(H,17,19). The first kappa shape index (κ1) is 15.3. The van der Waals surface area contributed by atoms with E-state index in [-0.39, 0.29) is 18.4 Å². The Morgan fingerprint density at radius 1 is 1.63 bits per heavy atom. The zero-order valence-electron chi connectivity index (χ0n) is 11.0. The summed E-state index contributed by atoms with van der Waals surface area (Å²) in [7, 11) is 1.80. The highest BCUT2D eigenvalue weighted by Crippen LogP contribution is 2.22. The highest BCUT2D eigenvalue weighted by molar-refractivity contribution is 6.33. The fraction of sp³-hybridized carbons (Fsp3) is 0.385. The summed E-state index contributed by atoms with van der Waals surface area (Å²) in [4.78, 5) is 13.6. The van der Waals surface area contributed by atoms with Gasteiger partial charge in [0.2, 0.25) is 5.91 Å². The number of likely N-dealkylation sites (N-methyl/N-ethyl adjacent to an activating group) is 1. The van der Waals surface area contributed by atoms with Crippen molar-refractivity contribution in [1.29, 1.82) is 5.26 Å². The molecule has 5 nitrogen and oxygen atoms in total. The van der Waals surface area contributed by atoms with Gasteiger partial charge in [-0.2, -0.15) is 5.26 Å². The lowest BCUT2D eigenvalue weighted by atomic mass is 10.2. The van der Waals surface area contributed by atoms with E-state index in [0.29, 0.717) is 22.9 Å². The maximum atomic E-state index is 11.8. The van der Waals surface area contributed by atoms with Crippen molar-refractivity contribution in [3.63, 3.8) is 0 Å². The summed E-state index contributed by atoms with van der Waals surface area (Å²) < 4.78 is 0. The first-order valence-corrected chi connectivity index (χ1v) is 6.23. The van der Waals surface area contributed by atoms with Gasteiger partial charge in [0.25, 0.3) is 0 Å². The second kappa shape index (κ2) is 6.98. The molecule has 0 aliphatic carbocycles. The Bertz CT molecular complexity index is 498. The molecule has 0 spiro atoms. The van der Waals surface area contributed by atoms with Gasteiger partial charge in [0.1, 0.15) is 0 Å². The topological polar surface area (TPSA) is 82.2 Å². The smallest absolute Gasteiger partial charge is 0.238 e. The van der Waals surface area contributed by atoms with Crippen molar-refractivity contribution in [3.05, 3.63) is 23.2 Å². The molecule has 1 aromatic rings. The molecule has 1 rings (SSSR count). The van der Waals surface area contributed by atoms with Gasteiger partial charge in [0, 0.05) is 12.2 Å². The summed E-state index contributed by atoms with van der Waals surface area (Å²) in [6.45, 7) is 2.58. The Kier molecular flexibility index (Phi) is 5.61. The first-order chi connectivity index (χ1) is 8.92. The van der Waals surface area contributed by atoms with Gasteiger partial charge >= 0.3 is 0 Å². The van der Waals surface area contributed by atoms with Crippen LogP contribution >= 0.6 is 11.6 Å². The van der Waals surface area contributed by atoms with Crippen LogP contribution in [-0.2, 0) is 4.79 Å². The molecule has 3 N–H and O–H groups in total. The molecule has 6 heteroatoms. The van der Waals surface area contributed by atoms with Gasteiger partial charge in [0.15, 0.2) is 0 Å². The normalized spacial score (nSPS) is 11.9. The van der Waals surface area contributed by atoms with E-state index in [9.17, 15) is 4.79 Å². The van der Waals surface area contributed by atoms with Crippen LogP contribution in [-0.4, -0.2) is 30.9 Å². The molecule has 19 heavy (non-hydrogen) atoms. The number of amides is 1. The molecule has 0 fully saturated rings. The number of hydrogen-bond acceptors (Lipinski definition) is 4. The Labute approximate surface area is 117 Å². The number of nitrogen functional groups attached to an aromatic ring is 1. The lowest BCUT2D eigenvalue weighted by Crippen LogP contribution is -2.32. The van der Waals surface area contributed by atoms with E-state index < -0.39 is 0 Å². The minimum absolute atomic E-state index is 0.107. The van der Waals surface area contributed by atoms with E-state index >= 15 is 0 Å². The number of hydrogen-bond donors (Lipinski definition) is 2. The van der Waals surface area contributed by atoms with Crippen molar-refractivity contribution in [3.8, 4) is 6.07 Å². The molecule has 0 saturated carbocycles. The van der Waals surface area contributed by atoms with E-state index in [2.05, 4.69) is 11.4 Å². The van der Waals surface area contributed by atoms with Gasteiger partial charge in [-0.15, -0.1) is 0 Å². The fourth-order valence-electron chi connectivity index (χ4n) is 1.64. The van der Waals surface area contributed by atoms with Gasteiger partial charge < -0.3 is 11.1 Å². The van der Waals surface area contributed by atoms with Gasteiger partial charge in [-0.25, -0.2) is 0 Å². The average Bonchev–Trinajstić information content (AvgIpc) is 2.33. The number of nitrogens with two attached hydrogens (primary N) is 1. The van der Waals surface area contributed by atoms with Crippen LogP contribution in [0.2, 0.25) is 5.02 Å². The van der Waals surface area contributed by atoms with Crippen LogP contribution in [0, 0.1) is 17.2 Å². The van der Waals surface area contributed by atoms with Crippen LogP contribution in [0.1, 0.15) is 6.92 Å². The molecule has 0 bridgehead atoms. The molecule has 0 aliphatic heterocycles. The summed E-state index contributed by atoms with van der Waals surface area (Å²) in [5.74, 6) is -0.265. The fourth-order valence-corrected chi connectivity index (χ4v) is 1.76. The number of benzene rings is 1. The van der Waals surface area contributed by atoms with Crippen molar-refractivity contribution in [2.45, 2.75) is 6.92 Å². The van der Waals surface area contributed by atoms with Crippen molar-refractivity contribution in [2.75, 3.05) is 31.2 Å². The average molecular weight is 281 g/mol. The van der Waals surface area contributed by atoms with Crippen molar-refractivity contribution in [2.24, 2.45) is 5.92 Å². The lowest BCUT2D eigenvalue weighted by molar-refractivity contribution is -0.117. The second-order valence-corrected chi connectivity index (χ2v) is 4.92. The van der Waals surface area contributed by atoms with E-state index in [1.165, 1.54) is 0 Å². The largest absolute Gasteiger partial charge is 0.397 e. The molecule has 0 saturated heterocycles. The molecule has 1 amide bonds. The minimum atomic E-state index is -0.158. The minimum Gasteiger partial charge on any atom is -0.397 e. The molecule has 1 aromatic carbocycles. The van der Waals surface area contributed by atoms with Gasteiger partial charge in [-0.3, -0.25) is 9.69 Å². The highest BCUT2D eigenvalue weighted by Gasteiger charge is 2.10. The predicted octanol–water partition coefficient (Wildman–Crippen LogP) is 1.95. The van der Waals surface area contributed by atoms with E-state index in [0.717, 1.165) is 0 Å². The molecular weight excluding hydrogens is 264 g/mol. The number of halogens is 1. The molecule has 102 valence electrons.